The second kappa shape index (κ2) is 7.67. The van der Waals surface area contributed by atoms with E-state index in [1.165, 1.54) is 31.8 Å². The molecule has 0 amide bonds. The number of ether oxygens (including phenoxy) is 2. The van der Waals surface area contributed by atoms with Crippen LogP contribution in [0.5, 0.6) is 17.2 Å². The van der Waals surface area contributed by atoms with E-state index in [0.717, 1.165) is 11.3 Å². The summed E-state index contributed by atoms with van der Waals surface area (Å²) in [6.07, 6.45) is 1.47. The highest BCUT2D eigenvalue weighted by atomic mass is 32.1. The lowest BCUT2D eigenvalue weighted by atomic mass is 10.2. The van der Waals surface area contributed by atoms with Gasteiger partial charge in [-0.1, -0.05) is 30.3 Å². The quantitative estimate of drug-likeness (QED) is 0.517. The van der Waals surface area contributed by atoms with Crippen LogP contribution in [0.15, 0.2) is 52.9 Å². The van der Waals surface area contributed by atoms with Gasteiger partial charge in [0.05, 0.1) is 31.7 Å². The molecule has 0 fully saturated rings. The molecule has 0 bridgehead atoms. The largest absolute Gasteiger partial charge is 0.504 e. The first-order chi connectivity index (χ1) is 12.2. The van der Waals surface area contributed by atoms with Crippen LogP contribution < -0.4 is 14.9 Å². The van der Waals surface area contributed by atoms with E-state index in [1.54, 1.807) is 12.1 Å². The van der Waals surface area contributed by atoms with E-state index in [0.29, 0.717) is 22.2 Å². The zero-order valence-electron chi connectivity index (χ0n) is 13.8. The van der Waals surface area contributed by atoms with Crippen molar-refractivity contribution in [2.75, 3.05) is 19.6 Å². The number of hydrogen-bond donors (Lipinski definition) is 2. The van der Waals surface area contributed by atoms with Crippen LogP contribution in [0.25, 0.3) is 11.3 Å². The van der Waals surface area contributed by atoms with Gasteiger partial charge in [-0.05, 0) is 12.1 Å². The number of aromatic hydroxyl groups is 1. The van der Waals surface area contributed by atoms with E-state index in [9.17, 15) is 5.11 Å². The topological polar surface area (TPSA) is 76.0 Å². The van der Waals surface area contributed by atoms with E-state index in [-0.39, 0.29) is 5.75 Å². The molecule has 0 unspecified atom stereocenters. The van der Waals surface area contributed by atoms with Gasteiger partial charge in [0.15, 0.2) is 11.5 Å². The number of hydrogen-bond acceptors (Lipinski definition) is 7. The molecule has 0 aliphatic heterocycles. The van der Waals surface area contributed by atoms with Crippen LogP contribution in [0, 0.1) is 0 Å². The Kier molecular flexibility index (Phi) is 5.15. The summed E-state index contributed by atoms with van der Waals surface area (Å²) in [5, 5.41) is 17.0. The molecule has 2 N–H and O–H groups in total. The summed E-state index contributed by atoms with van der Waals surface area (Å²) >= 11 is 1.45. The Morgan fingerprint density at radius 1 is 1.08 bits per heavy atom. The molecule has 25 heavy (non-hydrogen) atoms. The number of benzene rings is 2. The number of methoxy groups -OCH3 is 2. The Hall–Kier alpha value is -3.06. The Morgan fingerprint density at radius 2 is 1.80 bits per heavy atom. The number of anilines is 1. The average molecular weight is 355 g/mol. The van der Waals surface area contributed by atoms with Gasteiger partial charge in [0.2, 0.25) is 5.13 Å². The first-order valence-corrected chi connectivity index (χ1v) is 8.35. The van der Waals surface area contributed by atoms with Gasteiger partial charge >= 0.3 is 0 Å². The van der Waals surface area contributed by atoms with Crippen LogP contribution in [-0.2, 0) is 0 Å². The first kappa shape index (κ1) is 16.8. The van der Waals surface area contributed by atoms with Crippen molar-refractivity contribution in [3.63, 3.8) is 0 Å². The number of phenolic OH excluding ortho intramolecular Hbond substituents is 1. The fourth-order valence-corrected chi connectivity index (χ4v) is 2.92. The van der Waals surface area contributed by atoms with E-state index >= 15 is 0 Å². The highest BCUT2D eigenvalue weighted by Crippen LogP contribution is 2.35. The predicted molar refractivity (Wildman–Crippen MR) is 100.0 cm³/mol. The van der Waals surface area contributed by atoms with Crippen molar-refractivity contribution < 1.29 is 14.6 Å². The van der Waals surface area contributed by atoms with Gasteiger partial charge in [-0.15, -0.1) is 11.3 Å². The summed E-state index contributed by atoms with van der Waals surface area (Å²) in [4.78, 5) is 4.49. The standard InChI is InChI=1S/C18H17N3O3S/c1-23-15-8-9-16(24-2)17(22)13(15)10-19-21-18-20-14(11-25-18)12-6-4-3-5-7-12/h3-11,22H,1-2H3,(H,20,21). The van der Waals surface area contributed by atoms with Gasteiger partial charge in [0.25, 0.3) is 0 Å². The van der Waals surface area contributed by atoms with Crippen LogP contribution in [0.3, 0.4) is 0 Å². The summed E-state index contributed by atoms with van der Waals surface area (Å²) in [7, 11) is 3.01. The minimum Gasteiger partial charge on any atom is -0.504 e. The van der Waals surface area contributed by atoms with Crippen molar-refractivity contribution in [2.24, 2.45) is 5.10 Å². The molecule has 1 aromatic heterocycles. The van der Waals surface area contributed by atoms with Gasteiger partial charge in [0.1, 0.15) is 5.75 Å². The van der Waals surface area contributed by atoms with Crippen molar-refractivity contribution in [1.29, 1.82) is 0 Å². The molecular weight excluding hydrogens is 338 g/mol. The molecule has 2 aromatic carbocycles. The molecule has 0 aliphatic carbocycles. The minimum atomic E-state index is -0.0310. The van der Waals surface area contributed by atoms with Crippen molar-refractivity contribution in [2.45, 2.75) is 0 Å². The third-order valence-corrected chi connectivity index (χ3v) is 4.25. The number of aromatic nitrogens is 1. The molecule has 0 atom stereocenters. The van der Waals surface area contributed by atoms with E-state index in [4.69, 9.17) is 9.47 Å². The summed E-state index contributed by atoms with van der Waals surface area (Å²) < 4.78 is 10.3. The highest BCUT2D eigenvalue weighted by molar-refractivity contribution is 7.14. The summed E-state index contributed by atoms with van der Waals surface area (Å²) in [6.45, 7) is 0. The van der Waals surface area contributed by atoms with E-state index in [1.807, 2.05) is 35.7 Å². The van der Waals surface area contributed by atoms with E-state index in [2.05, 4.69) is 15.5 Å². The van der Waals surface area contributed by atoms with Crippen molar-refractivity contribution >= 4 is 22.7 Å². The zero-order chi connectivity index (χ0) is 17.6. The van der Waals surface area contributed by atoms with Crippen molar-refractivity contribution in [3.05, 3.63) is 53.4 Å². The smallest absolute Gasteiger partial charge is 0.203 e. The number of thiazole rings is 1. The van der Waals surface area contributed by atoms with Gasteiger partial charge in [-0.3, -0.25) is 5.43 Å². The molecule has 128 valence electrons. The fraction of sp³-hybridized carbons (Fsp3) is 0.111. The summed E-state index contributed by atoms with van der Waals surface area (Å²) in [5.74, 6) is 0.812. The molecule has 3 aromatic rings. The number of hydrazone groups is 1. The Bertz CT molecular complexity index is 879. The molecule has 7 heteroatoms. The fourth-order valence-electron chi connectivity index (χ4n) is 2.26. The molecule has 0 saturated heterocycles. The number of phenols is 1. The third-order valence-electron chi connectivity index (χ3n) is 3.51. The van der Waals surface area contributed by atoms with Gasteiger partial charge in [-0.2, -0.15) is 5.10 Å². The lowest BCUT2D eigenvalue weighted by Gasteiger charge is -2.09. The van der Waals surface area contributed by atoms with Gasteiger partial charge in [0, 0.05) is 10.9 Å². The predicted octanol–water partition coefficient (Wildman–Crippen LogP) is 3.98. The Labute approximate surface area is 149 Å². The van der Waals surface area contributed by atoms with Gasteiger partial charge < -0.3 is 14.6 Å². The second-order valence-corrected chi connectivity index (χ2v) is 5.86. The lowest BCUT2D eigenvalue weighted by Crippen LogP contribution is -1.96. The van der Waals surface area contributed by atoms with Crippen LogP contribution >= 0.6 is 11.3 Å². The molecule has 0 radical (unpaired) electrons. The maximum atomic E-state index is 10.2. The van der Waals surface area contributed by atoms with Crippen molar-refractivity contribution in [3.8, 4) is 28.5 Å². The minimum absolute atomic E-state index is 0.0310. The SMILES string of the molecule is COc1ccc(OC)c(C=NNc2nc(-c3ccccc3)cs2)c1O. The van der Waals surface area contributed by atoms with Gasteiger partial charge in [-0.25, -0.2) is 4.98 Å². The van der Waals surface area contributed by atoms with Crippen LogP contribution in [0.2, 0.25) is 0 Å². The van der Waals surface area contributed by atoms with Crippen LogP contribution in [-0.4, -0.2) is 30.5 Å². The molecule has 1 heterocycles. The molecule has 3 rings (SSSR count). The average Bonchev–Trinajstić information content (AvgIpc) is 3.12. The third kappa shape index (κ3) is 3.72. The summed E-state index contributed by atoms with van der Waals surface area (Å²) in [5.41, 5.74) is 5.22. The molecule has 6 nitrogen and oxygen atoms in total. The van der Waals surface area contributed by atoms with E-state index < -0.39 is 0 Å². The van der Waals surface area contributed by atoms with Crippen molar-refractivity contribution in [1.82, 2.24) is 4.98 Å². The second-order valence-electron chi connectivity index (χ2n) is 5.01. The van der Waals surface area contributed by atoms with Crippen LogP contribution in [0.1, 0.15) is 5.56 Å². The lowest BCUT2D eigenvalue weighted by molar-refractivity contribution is 0.365. The first-order valence-electron chi connectivity index (χ1n) is 7.47. The molecule has 0 aliphatic rings. The monoisotopic (exact) mass is 355 g/mol. The molecule has 0 spiro atoms. The highest BCUT2D eigenvalue weighted by Gasteiger charge is 2.12. The number of nitrogens with zero attached hydrogens (tertiary/aromatic N) is 2. The zero-order valence-corrected chi connectivity index (χ0v) is 14.6. The Morgan fingerprint density at radius 3 is 2.52 bits per heavy atom. The maximum absolute atomic E-state index is 10.2. The molecule has 0 saturated carbocycles. The number of rotatable bonds is 6. The van der Waals surface area contributed by atoms with Crippen LogP contribution in [0.4, 0.5) is 5.13 Å². The maximum Gasteiger partial charge on any atom is 0.203 e. The normalized spacial score (nSPS) is 10.8. The Balaban J connectivity index is 1.77. The number of nitrogens with one attached hydrogen (secondary N) is 1. The molecular formula is C18H17N3O3S. The summed E-state index contributed by atoms with van der Waals surface area (Å²) in [6, 6.07) is 13.2.